The highest BCUT2D eigenvalue weighted by Gasteiger charge is 2.16. The van der Waals surface area contributed by atoms with Crippen LogP contribution in [-0.4, -0.2) is 31.9 Å². The molecule has 1 aliphatic heterocycles. The first-order chi connectivity index (χ1) is 8.22. The lowest BCUT2D eigenvalue weighted by molar-refractivity contribution is 0.139. The van der Waals surface area contributed by atoms with Crippen LogP contribution in [0, 0.1) is 0 Å². The Balaban J connectivity index is 2.15. The standard InChI is InChI=1S/C13H20N2O2/c1-3-6-14-13(16)10-4-5-11-12(9-10)17-8-7-15(11)2/h4-5,9,13-14,16H,3,6-8H2,1-2H3. The molecule has 0 aromatic heterocycles. The maximum atomic E-state index is 9.94. The van der Waals surface area contributed by atoms with Gasteiger partial charge in [-0.15, -0.1) is 0 Å². The van der Waals surface area contributed by atoms with Gasteiger partial charge in [-0.05, 0) is 30.7 Å². The van der Waals surface area contributed by atoms with Crippen molar-refractivity contribution in [2.75, 3.05) is 31.6 Å². The van der Waals surface area contributed by atoms with Crippen molar-refractivity contribution in [2.45, 2.75) is 19.6 Å². The molecule has 0 saturated heterocycles. The van der Waals surface area contributed by atoms with E-state index in [4.69, 9.17) is 4.74 Å². The second-order valence-corrected chi connectivity index (χ2v) is 4.35. The molecule has 4 nitrogen and oxygen atoms in total. The molecule has 1 atom stereocenters. The summed E-state index contributed by atoms with van der Waals surface area (Å²) in [5, 5.41) is 13.0. The van der Waals surface area contributed by atoms with Crippen molar-refractivity contribution in [3.8, 4) is 5.75 Å². The molecule has 4 heteroatoms. The van der Waals surface area contributed by atoms with Crippen LogP contribution in [0.25, 0.3) is 0 Å². The Labute approximate surface area is 102 Å². The van der Waals surface area contributed by atoms with Gasteiger partial charge >= 0.3 is 0 Å². The number of fused-ring (bicyclic) bond motifs is 1. The second-order valence-electron chi connectivity index (χ2n) is 4.35. The molecule has 1 heterocycles. The summed E-state index contributed by atoms with van der Waals surface area (Å²) in [5.74, 6) is 0.855. The summed E-state index contributed by atoms with van der Waals surface area (Å²) in [6, 6.07) is 5.86. The van der Waals surface area contributed by atoms with Crippen LogP contribution in [0.5, 0.6) is 5.75 Å². The van der Waals surface area contributed by atoms with Crippen molar-refractivity contribution < 1.29 is 9.84 Å². The maximum absolute atomic E-state index is 9.94. The highest BCUT2D eigenvalue weighted by atomic mass is 16.5. The van der Waals surface area contributed by atoms with E-state index in [0.29, 0.717) is 6.61 Å². The Morgan fingerprint density at radius 1 is 1.53 bits per heavy atom. The van der Waals surface area contributed by atoms with Crippen molar-refractivity contribution in [1.29, 1.82) is 0 Å². The molecule has 1 aromatic rings. The van der Waals surface area contributed by atoms with Crippen LogP contribution in [0.15, 0.2) is 18.2 Å². The molecule has 0 fully saturated rings. The summed E-state index contributed by atoms with van der Waals surface area (Å²) in [5.41, 5.74) is 1.94. The number of rotatable bonds is 4. The number of benzene rings is 1. The lowest BCUT2D eigenvalue weighted by Gasteiger charge is -2.28. The maximum Gasteiger partial charge on any atom is 0.143 e. The molecule has 0 amide bonds. The first-order valence-electron chi connectivity index (χ1n) is 6.11. The molecule has 1 aromatic carbocycles. The van der Waals surface area contributed by atoms with Crippen LogP contribution in [0.4, 0.5) is 5.69 Å². The van der Waals surface area contributed by atoms with Crippen molar-refractivity contribution in [1.82, 2.24) is 5.32 Å². The van der Waals surface area contributed by atoms with Gasteiger partial charge in [0, 0.05) is 7.05 Å². The third-order valence-electron chi connectivity index (χ3n) is 2.98. The number of aliphatic hydroxyl groups is 1. The Hall–Kier alpha value is -1.26. The summed E-state index contributed by atoms with van der Waals surface area (Å²) in [6.07, 6.45) is 0.386. The number of aliphatic hydroxyl groups excluding tert-OH is 1. The highest BCUT2D eigenvalue weighted by Crippen LogP contribution is 2.32. The number of anilines is 1. The average molecular weight is 236 g/mol. The topological polar surface area (TPSA) is 44.7 Å². The van der Waals surface area contributed by atoms with E-state index in [1.165, 1.54) is 0 Å². The molecule has 0 bridgehead atoms. The summed E-state index contributed by atoms with van der Waals surface area (Å²) in [7, 11) is 2.05. The van der Waals surface area contributed by atoms with Crippen molar-refractivity contribution in [3.63, 3.8) is 0 Å². The number of ether oxygens (including phenoxy) is 1. The van der Waals surface area contributed by atoms with Crippen LogP contribution >= 0.6 is 0 Å². The number of nitrogens with zero attached hydrogens (tertiary/aromatic N) is 1. The van der Waals surface area contributed by atoms with E-state index < -0.39 is 6.23 Å². The molecule has 17 heavy (non-hydrogen) atoms. The van der Waals surface area contributed by atoms with Gasteiger partial charge in [0.2, 0.25) is 0 Å². The molecular formula is C13H20N2O2. The quantitative estimate of drug-likeness (QED) is 0.778. The fourth-order valence-electron chi connectivity index (χ4n) is 1.94. The van der Waals surface area contributed by atoms with Crippen LogP contribution in [0.1, 0.15) is 25.1 Å². The van der Waals surface area contributed by atoms with Crippen molar-refractivity contribution in [2.24, 2.45) is 0 Å². The number of hydrogen-bond acceptors (Lipinski definition) is 4. The van der Waals surface area contributed by atoms with Gasteiger partial charge in [-0.2, -0.15) is 0 Å². The van der Waals surface area contributed by atoms with Crippen LogP contribution in [0.3, 0.4) is 0 Å². The lowest BCUT2D eigenvalue weighted by Crippen LogP contribution is -2.29. The van der Waals surface area contributed by atoms with E-state index in [2.05, 4.69) is 17.1 Å². The Morgan fingerprint density at radius 2 is 2.35 bits per heavy atom. The zero-order chi connectivity index (χ0) is 12.3. The Bertz CT molecular complexity index is 382. The molecule has 0 aliphatic carbocycles. The minimum absolute atomic E-state index is 0.615. The predicted molar refractivity (Wildman–Crippen MR) is 68.5 cm³/mol. The molecule has 94 valence electrons. The summed E-state index contributed by atoms with van der Waals surface area (Å²) >= 11 is 0. The van der Waals surface area contributed by atoms with E-state index in [0.717, 1.165) is 36.5 Å². The first kappa shape index (κ1) is 12.2. The smallest absolute Gasteiger partial charge is 0.143 e. The fourth-order valence-corrected chi connectivity index (χ4v) is 1.94. The van der Waals surface area contributed by atoms with Gasteiger partial charge in [0.05, 0.1) is 12.2 Å². The summed E-state index contributed by atoms with van der Waals surface area (Å²) < 4.78 is 5.61. The zero-order valence-corrected chi connectivity index (χ0v) is 10.4. The van der Waals surface area contributed by atoms with Gasteiger partial charge in [0.1, 0.15) is 18.6 Å². The molecule has 1 aliphatic rings. The van der Waals surface area contributed by atoms with E-state index in [1.807, 2.05) is 25.2 Å². The Kier molecular flexibility index (Phi) is 3.86. The predicted octanol–water partition coefficient (Wildman–Crippen LogP) is 1.51. The SMILES string of the molecule is CCCNC(O)c1ccc2c(c1)OCCN2C. The van der Waals surface area contributed by atoms with Gasteiger partial charge in [-0.3, -0.25) is 5.32 Å². The molecular weight excluding hydrogens is 216 g/mol. The van der Waals surface area contributed by atoms with E-state index in [-0.39, 0.29) is 0 Å². The van der Waals surface area contributed by atoms with Gasteiger partial charge < -0.3 is 14.7 Å². The van der Waals surface area contributed by atoms with Gasteiger partial charge in [0.25, 0.3) is 0 Å². The lowest BCUT2D eigenvalue weighted by atomic mass is 10.1. The largest absolute Gasteiger partial charge is 0.490 e. The molecule has 2 N–H and O–H groups in total. The number of hydrogen-bond donors (Lipinski definition) is 2. The minimum atomic E-state index is -0.615. The molecule has 1 unspecified atom stereocenters. The molecule has 0 radical (unpaired) electrons. The van der Waals surface area contributed by atoms with Gasteiger partial charge in [-0.25, -0.2) is 0 Å². The van der Waals surface area contributed by atoms with Crippen LogP contribution < -0.4 is 15.0 Å². The molecule has 0 spiro atoms. The Morgan fingerprint density at radius 3 is 3.12 bits per heavy atom. The van der Waals surface area contributed by atoms with Crippen LogP contribution in [-0.2, 0) is 0 Å². The van der Waals surface area contributed by atoms with Gasteiger partial charge in [-0.1, -0.05) is 13.0 Å². The average Bonchev–Trinajstić information content (AvgIpc) is 2.36. The third kappa shape index (κ3) is 2.70. The molecule has 0 saturated carbocycles. The fraction of sp³-hybridized carbons (Fsp3) is 0.538. The van der Waals surface area contributed by atoms with E-state index in [9.17, 15) is 5.11 Å². The second kappa shape index (κ2) is 5.38. The summed E-state index contributed by atoms with van der Waals surface area (Å²) in [4.78, 5) is 2.16. The monoisotopic (exact) mass is 236 g/mol. The van der Waals surface area contributed by atoms with E-state index in [1.54, 1.807) is 0 Å². The van der Waals surface area contributed by atoms with E-state index >= 15 is 0 Å². The minimum Gasteiger partial charge on any atom is -0.490 e. The highest BCUT2D eigenvalue weighted by molar-refractivity contribution is 5.60. The zero-order valence-electron chi connectivity index (χ0n) is 10.4. The summed E-state index contributed by atoms with van der Waals surface area (Å²) in [6.45, 7) is 4.48. The van der Waals surface area contributed by atoms with Gasteiger partial charge in [0.15, 0.2) is 0 Å². The first-order valence-corrected chi connectivity index (χ1v) is 6.11. The number of nitrogens with one attached hydrogen (secondary N) is 1. The van der Waals surface area contributed by atoms with Crippen LogP contribution in [0.2, 0.25) is 0 Å². The third-order valence-corrected chi connectivity index (χ3v) is 2.98. The number of likely N-dealkylation sites (N-methyl/N-ethyl adjacent to an activating group) is 1. The molecule has 2 rings (SSSR count). The van der Waals surface area contributed by atoms with Crippen molar-refractivity contribution in [3.05, 3.63) is 23.8 Å². The van der Waals surface area contributed by atoms with Crippen molar-refractivity contribution >= 4 is 5.69 Å². The normalized spacial score (nSPS) is 16.3.